The van der Waals surface area contributed by atoms with Gasteiger partial charge in [0.2, 0.25) is 0 Å². The number of nitrogens with zero attached hydrogens (tertiary/aromatic N) is 10. The zero-order chi connectivity index (χ0) is 45.1. The van der Waals surface area contributed by atoms with Gasteiger partial charge in [0.05, 0.1) is 62.9 Å². The highest BCUT2D eigenvalue weighted by molar-refractivity contribution is 7.21. The van der Waals surface area contributed by atoms with Gasteiger partial charge in [-0.15, -0.1) is 5.10 Å². The van der Waals surface area contributed by atoms with E-state index < -0.39 is 6.23 Å². The number of aryl methyl sites for hydroxylation is 2. The highest BCUT2D eigenvalue weighted by Gasteiger charge is 2.28. The minimum atomic E-state index is -1.10. The number of amides is 1. The minimum absolute atomic E-state index is 0.247. The summed E-state index contributed by atoms with van der Waals surface area (Å²) in [5.74, 6) is 0.233. The maximum Gasteiger partial charge on any atom is 0.274 e. The lowest BCUT2D eigenvalue weighted by molar-refractivity contribution is 0.102. The fourth-order valence-electron chi connectivity index (χ4n) is 9.30. The Morgan fingerprint density at radius 3 is 2.23 bits per heavy atom. The Hall–Kier alpha value is -6.19. The molecule has 2 aliphatic rings. The Kier molecular flexibility index (Phi) is 11.4. The van der Waals surface area contributed by atoms with Crippen LogP contribution in [0.3, 0.4) is 0 Å². The average Bonchev–Trinajstić information content (AvgIpc) is 4.07. The van der Waals surface area contributed by atoms with Gasteiger partial charge in [0, 0.05) is 63.0 Å². The molecule has 20 heteroatoms. The molecule has 1 unspecified atom stereocenters. The van der Waals surface area contributed by atoms with E-state index in [1.165, 1.54) is 22.7 Å². The summed E-state index contributed by atoms with van der Waals surface area (Å²) in [6.07, 6.45) is 0.762. The van der Waals surface area contributed by atoms with Crippen molar-refractivity contribution in [1.29, 1.82) is 0 Å². The van der Waals surface area contributed by atoms with Gasteiger partial charge in [0.1, 0.15) is 34.5 Å². The van der Waals surface area contributed by atoms with Crippen LogP contribution in [0.1, 0.15) is 55.4 Å². The van der Waals surface area contributed by atoms with Gasteiger partial charge in [0.25, 0.3) is 16.3 Å². The number of pyridine rings is 1. The van der Waals surface area contributed by atoms with E-state index in [0.717, 1.165) is 69.1 Å². The highest BCUT2D eigenvalue weighted by Crippen LogP contribution is 2.41. The highest BCUT2D eigenvalue weighted by atomic mass is 32.1. The second-order valence-corrected chi connectivity index (χ2v) is 19.2. The first-order valence-electron chi connectivity index (χ1n) is 21.8. The fraction of sp³-hybridized carbons (Fsp3) is 0.400. The van der Waals surface area contributed by atoms with Gasteiger partial charge in [-0.05, 0) is 76.6 Å². The molecule has 18 nitrogen and oxygen atoms in total. The van der Waals surface area contributed by atoms with E-state index >= 15 is 0 Å². The molecule has 5 aromatic heterocycles. The molecule has 10 rings (SSSR count). The SMILES string of the molecule is COc1nc2c(C(=O)Nc3cccc4c3nnn4CCOc3nc4c(C(O)Nc5cc(C)c6nn(C)cc6n5)ccc(N5C[C@H](C)N[C@@H](C)C5)c4s3)ccc(N3C[C@H](C)N[C@@H](C)C3)c2s1. The van der Waals surface area contributed by atoms with Crippen LogP contribution >= 0.6 is 22.7 Å². The summed E-state index contributed by atoms with van der Waals surface area (Å²) in [6, 6.07) is 16.6. The largest absolute Gasteiger partial charge is 0.473 e. The summed E-state index contributed by atoms with van der Waals surface area (Å²) in [5, 5.41) is 39.6. The number of methoxy groups -OCH3 is 1. The summed E-state index contributed by atoms with van der Waals surface area (Å²) in [6.45, 7) is 14.7. The van der Waals surface area contributed by atoms with Gasteiger partial charge in [-0.3, -0.25) is 9.48 Å². The van der Waals surface area contributed by atoms with Crippen LogP contribution in [0.2, 0.25) is 0 Å². The van der Waals surface area contributed by atoms with Crippen LogP contribution in [0.25, 0.3) is 42.5 Å². The zero-order valence-electron chi connectivity index (χ0n) is 37.3. The molecule has 0 saturated carbocycles. The first kappa shape index (κ1) is 42.7. The molecule has 0 bridgehead atoms. The van der Waals surface area contributed by atoms with Crippen molar-refractivity contribution in [3.63, 3.8) is 0 Å². The molecule has 0 spiro atoms. The molecule has 3 aromatic carbocycles. The maximum absolute atomic E-state index is 14.0. The molecule has 65 heavy (non-hydrogen) atoms. The first-order valence-corrected chi connectivity index (χ1v) is 23.5. The summed E-state index contributed by atoms with van der Waals surface area (Å²) in [7, 11) is 3.46. The van der Waals surface area contributed by atoms with Crippen LogP contribution < -0.4 is 40.5 Å². The van der Waals surface area contributed by atoms with Crippen molar-refractivity contribution in [3.8, 4) is 10.4 Å². The number of hydrogen-bond donors (Lipinski definition) is 5. The number of carbonyl (C=O) groups excluding carboxylic acids is 1. The number of rotatable bonds is 12. The van der Waals surface area contributed by atoms with E-state index in [4.69, 9.17) is 24.4 Å². The molecule has 8 aromatic rings. The number of ether oxygens (including phenoxy) is 2. The lowest BCUT2D eigenvalue weighted by Crippen LogP contribution is -2.54. The van der Waals surface area contributed by atoms with Crippen molar-refractivity contribution in [2.75, 3.05) is 60.3 Å². The molecule has 0 radical (unpaired) electrons. The molecular formula is C45H52N14O4S2. The van der Waals surface area contributed by atoms with Crippen molar-refractivity contribution in [3.05, 3.63) is 71.4 Å². The van der Waals surface area contributed by atoms with E-state index in [1.54, 1.807) is 16.5 Å². The Morgan fingerprint density at radius 2 is 1.52 bits per heavy atom. The number of piperazine rings is 2. The predicted octanol–water partition coefficient (Wildman–Crippen LogP) is 6.06. The number of benzene rings is 3. The Balaban J connectivity index is 0.880. The summed E-state index contributed by atoms with van der Waals surface area (Å²) in [5.41, 5.74) is 8.73. The molecule has 2 saturated heterocycles. The summed E-state index contributed by atoms with van der Waals surface area (Å²) < 4.78 is 17.2. The molecular weight excluding hydrogens is 865 g/mol. The van der Waals surface area contributed by atoms with Crippen molar-refractivity contribution in [2.24, 2.45) is 7.05 Å². The van der Waals surface area contributed by atoms with Crippen molar-refractivity contribution < 1.29 is 19.4 Å². The van der Waals surface area contributed by atoms with Gasteiger partial charge in [-0.2, -0.15) is 5.10 Å². The maximum atomic E-state index is 14.0. The molecule has 0 aliphatic carbocycles. The number of nitrogens with one attached hydrogen (secondary N) is 4. The predicted molar refractivity (Wildman–Crippen MR) is 257 cm³/mol. The molecule has 2 fully saturated rings. The van der Waals surface area contributed by atoms with Crippen LogP contribution in [0.15, 0.2) is 54.7 Å². The second kappa shape index (κ2) is 17.3. The summed E-state index contributed by atoms with van der Waals surface area (Å²) in [4.78, 5) is 33.2. The molecule has 5 N–H and O–H groups in total. The topological polar surface area (TPSA) is 198 Å². The number of thiazole rings is 2. The van der Waals surface area contributed by atoms with E-state index in [9.17, 15) is 9.90 Å². The first-order chi connectivity index (χ1) is 31.4. The van der Waals surface area contributed by atoms with Crippen LogP contribution in [-0.2, 0) is 13.6 Å². The lowest BCUT2D eigenvalue weighted by Gasteiger charge is -2.38. The standard InChI is InChI=1S/C45H52N14O4S2/c1-23-17-35(48-31-22-56(6)54-36(23)31)50-43(61)29-12-14-34(58-20-26(4)47-27(5)21-58)41-38(29)52-45(65-41)63-16-15-59-32-10-8-9-30(39(32)53-55-59)49-42(60)28-11-13-33(40-37(28)51-44(62-7)64-40)57-18-24(2)46-25(3)19-57/h8-14,17,22,24-27,43,46-47,61H,15-16,18-21H2,1-7H3,(H,48,50)(H,49,60)/t24-,25-,26-,27-,43?/m0/s1. The van der Waals surface area contributed by atoms with Crippen molar-refractivity contribution in [2.45, 2.75) is 71.6 Å². The Morgan fingerprint density at radius 1 is 0.862 bits per heavy atom. The second-order valence-electron chi connectivity index (χ2n) is 17.3. The molecule has 5 atom stereocenters. The van der Waals surface area contributed by atoms with E-state index in [0.29, 0.717) is 80.3 Å². The number of aliphatic hydroxyl groups is 1. The van der Waals surface area contributed by atoms with Gasteiger partial charge >= 0.3 is 0 Å². The van der Waals surface area contributed by atoms with Crippen LogP contribution in [-0.4, -0.2) is 115 Å². The molecule has 7 heterocycles. The number of fused-ring (bicyclic) bond motifs is 4. The number of aliphatic hydroxyl groups excluding tert-OH is 1. The van der Waals surface area contributed by atoms with Crippen molar-refractivity contribution in [1.82, 2.24) is 50.4 Å². The quantitative estimate of drug-likeness (QED) is 0.0887. The van der Waals surface area contributed by atoms with E-state index in [-0.39, 0.29) is 12.5 Å². The fourth-order valence-corrected chi connectivity index (χ4v) is 11.3. The van der Waals surface area contributed by atoms with Gasteiger partial charge in [0.15, 0.2) is 6.23 Å². The smallest absolute Gasteiger partial charge is 0.274 e. The molecule has 2 aliphatic heterocycles. The third-order valence-electron chi connectivity index (χ3n) is 11.9. The number of carbonyl (C=O) groups is 1. The average molecular weight is 917 g/mol. The number of anilines is 4. The van der Waals surface area contributed by atoms with Crippen LogP contribution in [0.5, 0.6) is 10.4 Å². The molecule has 338 valence electrons. The van der Waals surface area contributed by atoms with E-state index in [1.807, 2.05) is 62.6 Å². The van der Waals surface area contributed by atoms with Crippen LogP contribution in [0, 0.1) is 6.92 Å². The third-order valence-corrected chi connectivity index (χ3v) is 14.0. The Labute approximate surface area is 382 Å². The number of aromatic nitrogens is 8. The van der Waals surface area contributed by atoms with Gasteiger partial charge in [-0.1, -0.05) is 40.0 Å². The normalized spacial score (nSPS) is 19.7. The van der Waals surface area contributed by atoms with Crippen LogP contribution in [0.4, 0.5) is 22.9 Å². The van der Waals surface area contributed by atoms with Gasteiger partial charge < -0.3 is 45.6 Å². The summed E-state index contributed by atoms with van der Waals surface area (Å²) >= 11 is 2.90. The Bertz CT molecular complexity index is 3050. The minimum Gasteiger partial charge on any atom is -0.473 e. The zero-order valence-corrected chi connectivity index (χ0v) is 38.9. The van der Waals surface area contributed by atoms with Crippen molar-refractivity contribution >= 4 is 94.0 Å². The molecule has 1 amide bonds. The third kappa shape index (κ3) is 8.35. The monoisotopic (exact) mass is 916 g/mol. The lowest BCUT2D eigenvalue weighted by atomic mass is 10.1. The number of hydrogen-bond acceptors (Lipinski definition) is 17. The van der Waals surface area contributed by atoms with Gasteiger partial charge in [-0.25, -0.2) is 19.6 Å². The van der Waals surface area contributed by atoms with E-state index in [2.05, 4.69) is 80.2 Å².